The zero-order valence-corrected chi connectivity index (χ0v) is 28.2. The molecule has 0 unspecified atom stereocenters. The van der Waals surface area contributed by atoms with Crippen molar-refractivity contribution in [2.24, 2.45) is 11.8 Å². The number of benzene rings is 1. The summed E-state index contributed by atoms with van der Waals surface area (Å²) in [6, 6.07) is 5.50. The highest BCUT2D eigenvalue weighted by molar-refractivity contribution is 5.95. The van der Waals surface area contributed by atoms with Gasteiger partial charge in [0, 0.05) is 83.4 Å². The number of hydrogen-bond acceptors (Lipinski definition) is 7. The van der Waals surface area contributed by atoms with Gasteiger partial charge in [0.25, 0.3) is 5.91 Å². The monoisotopic (exact) mass is 617 g/mol. The van der Waals surface area contributed by atoms with Gasteiger partial charge in [0.15, 0.2) is 0 Å². The smallest absolute Gasteiger partial charge is 0.410 e. The molecule has 0 aromatic heterocycles. The first-order chi connectivity index (χ1) is 20.8. The summed E-state index contributed by atoms with van der Waals surface area (Å²) in [6.45, 7) is 15.2. The fourth-order valence-corrected chi connectivity index (χ4v) is 5.82. The average molecular weight is 618 g/mol. The zero-order chi connectivity index (χ0) is 32.4. The zero-order valence-electron chi connectivity index (χ0n) is 28.2. The lowest BCUT2D eigenvalue weighted by atomic mass is 9.93. The Labute approximate surface area is 264 Å². The summed E-state index contributed by atoms with van der Waals surface area (Å²) >= 11 is 0. The maximum atomic E-state index is 13.9. The fraction of sp³-hybridized carbons (Fsp3) is 0.735. The van der Waals surface area contributed by atoms with Crippen LogP contribution in [-0.2, 0) is 19.0 Å². The minimum Gasteiger partial charge on any atom is -0.493 e. The third-order valence-corrected chi connectivity index (χ3v) is 8.34. The molecule has 248 valence electrons. The number of ether oxygens (including phenoxy) is 4. The number of likely N-dealkylation sites (tertiary alicyclic amines) is 1. The van der Waals surface area contributed by atoms with E-state index in [1.807, 2.05) is 71.7 Å². The molecule has 2 heterocycles. The van der Waals surface area contributed by atoms with Gasteiger partial charge in [-0.2, -0.15) is 0 Å². The van der Waals surface area contributed by atoms with Gasteiger partial charge in [-0.25, -0.2) is 4.79 Å². The molecule has 2 aliphatic heterocycles. The Hall–Kier alpha value is -2.85. The first-order valence-corrected chi connectivity index (χ1v) is 16.2. The highest BCUT2D eigenvalue weighted by Crippen LogP contribution is 2.29. The second-order valence-electron chi connectivity index (χ2n) is 13.6. The lowest BCUT2D eigenvalue weighted by Gasteiger charge is -2.33. The number of carbonyl (C=O) groups is 3. The molecular formula is C34H55N3O7. The standard InChI is InChI=1S/C34H55N3O7/c1-24(2)37(32(39)26-14-13-25(3)30(18-26)43-17-11-15-41-8)23-28-22-36(33(40)44-34(4,5)6)21-27(28)20-35(7)31(38)19-29-12-9-10-16-42-29/h13-14,18,24,27-29H,9-12,15-17,19-23H2,1-8H3/t27-,28+,29+/m1/s1. The summed E-state index contributed by atoms with van der Waals surface area (Å²) in [4.78, 5) is 45.6. The number of amides is 3. The summed E-state index contributed by atoms with van der Waals surface area (Å²) in [7, 11) is 3.49. The van der Waals surface area contributed by atoms with Gasteiger partial charge in [-0.05, 0) is 78.5 Å². The highest BCUT2D eigenvalue weighted by Gasteiger charge is 2.40. The first kappa shape index (κ1) is 35.6. The maximum Gasteiger partial charge on any atom is 0.410 e. The molecule has 1 aromatic rings. The molecule has 0 radical (unpaired) electrons. The van der Waals surface area contributed by atoms with Gasteiger partial charge in [0.05, 0.1) is 19.1 Å². The second kappa shape index (κ2) is 16.5. The van der Waals surface area contributed by atoms with Crippen molar-refractivity contribution < 1.29 is 33.3 Å². The van der Waals surface area contributed by atoms with Crippen molar-refractivity contribution in [3.63, 3.8) is 0 Å². The van der Waals surface area contributed by atoms with E-state index in [0.29, 0.717) is 63.7 Å². The Kier molecular flexibility index (Phi) is 13.3. The topological polar surface area (TPSA) is 97.9 Å². The summed E-state index contributed by atoms with van der Waals surface area (Å²) < 4.78 is 22.6. The van der Waals surface area contributed by atoms with Crippen LogP contribution in [0.25, 0.3) is 0 Å². The molecule has 0 bridgehead atoms. The Morgan fingerprint density at radius 2 is 1.77 bits per heavy atom. The maximum absolute atomic E-state index is 13.9. The molecule has 0 aliphatic carbocycles. The van der Waals surface area contributed by atoms with Gasteiger partial charge in [-0.15, -0.1) is 0 Å². The molecule has 0 saturated carbocycles. The average Bonchev–Trinajstić information content (AvgIpc) is 3.36. The Morgan fingerprint density at radius 1 is 1.07 bits per heavy atom. The summed E-state index contributed by atoms with van der Waals surface area (Å²) in [5, 5.41) is 0. The first-order valence-electron chi connectivity index (χ1n) is 16.2. The van der Waals surface area contributed by atoms with E-state index in [4.69, 9.17) is 18.9 Å². The van der Waals surface area contributed by atoms with Gasteiger partial charge in [0.2, 0.25) is 5.91 Å². The van der Waals surface area contributed by atoms with Gasteiger partial charge in [-0.3, -0.25) is 9.59 Å². The molecule has 2 aliphatic rings. The normalized spacial score (nSPS) is 20.5. The van der Waals surface area contributed by atoms with Crippen molar-refractivity contribution in [3.05, 3.63) is 29.3 Å². The SMILES string of the molecule is COCCCOc1cc(C(=O)N(C[C@@H]2CN(C(=O)OC(C)(C)C)C[C@H]2CN(C)C(=O)C[C@@H]2CCCCO2)C(C)C)ccc1C. The van der Waals surface area contributed by atoms with Crippen LogP contribution >= 0.6 is 0 Å². The van der Waals surface area contributed by atoms with Gasteiger partial charge in [-0.1, -0.05) is 6.07 Å². The predicted octanol–water partition coefficient (Wildman–Crippen LogP) is 5.16. The van der Waals surface area contributed by atoms with Gasteiger partial charge in [0.1, 0.15) is 11.4 Å². The van der Waals surface area contributed by atoms with Gasteiger partial charge >= 0.3 is 6.09 Å². The Bertz CT molecular complexity index is 1100. The van der Waals surface area contributed by atoms with Crippen LogP contribution in [0, 0.1) is 18.8 Å². The third kappa shape index (κ3) is 10.6. The van der Waals surface area contributed by atoms with Crippen molar-refractivity contribution in [2.45, 2.75) is 91.4 Å². The molecule has 0 spiro atoms. The van der Waals surface area contributed by atoms with E-state index in [1.54, 1.807) is 16.9 Å². The molecule has 2 saturated heterocycles. The largest absolute Gasteiger partial charge is 0.493 e. The lowest BCUT2D eigenvalue weighted by Crippen LogP contribution is -2.44. The number of hydrogen-bond donors (Lipinski definition) is 0. The predicted molar refractivity (Wildman–Crippen MR) is 170 cm³/mol. The van der Waals surface area contributed by atoms with Crippen LogP contribution in [-0.4, -0.2) is 111 Å². The molecule has 10 heteroatoms. The number of nitrogens with zero attached hydrogens (tertiary/aromatic N) is 3. The number of carbonyl (C=O) groups excluding carboxylic acids is 3. The van der Waals surface area contributed by atoms with E-state index < -0.39 is 5.60 Å². The molecule has 3 atom stereocenters. The van der Waals surface area contributed by atoms with E-state index in [9.17, 15) is 14.4 Å². The van der Waals surface area contributed by atoms with Crippen LogP contribution in [0.15, 0.2) is 18.2 Å². The summed E-state index contributed by atoms with van der Waals surface area (Å²) in [5.74, 6) is 0.587. The van der Waals surface area contributed by atoms with Crippen LogP contribution in [0.1, 0.15) is 82.6 Å². The third-order valence-electron chi connectivity index (χ3n) is 8.34. The molecule has 44 heavy (non-hydrogen) atoms. The Morgan fingerprint density at radius 3 is 2.39 bits per heavy atom. The van der Waals surface area contributed by atoms with Crippen LogP contribution in [0.4, 0.5) is 4.79 Å². The van der Waals surface area contributed by atoms with Crippen molar-refractivity contribution in [1.29, 1.82) is 0 Å². The molecule has 2 fully saturated rings. The minimum atomic E-state index is -0.619. The van der Waals surface area contributed by atoms with E-state index in [-0.39, 0.29) is 41.9 Å². The van der Waals surface area contributed by atoms with Crippen molar-refractivity contribution in [3.8, 4) is 5.75 Å². The number of methoxy groups -OCH3 is 1. The van der Waals surface area contributed by atoms with Crippen LogP contribution in [0.5, 0.6) is 5.75 Å². The molecular weight excluding hydrogens is 562 g/mol. The number of rotatable bonds is 13. The molecule has 0 N–H and O–H groups in total. The lowest BCUT2D eigenvalue weighted by molar-refractivity contribution is -0.134. The minimum absolute atomic E-state index is 0.0181. The molecule has 3 amide bonds. The van der Waals surface area contributed by atoms with Crippen molar-refractivity contribution in [1.82, 2.24) is 14.7 Å². The fourth-order valence-electron chi connectivity index (χ4n) is 5.82. The van der Waals surface area contributed by atoms with E-state index in [1.165, 1.54) is 0 Å². The van der Waals surface area contributed by atoms with Crippen molar-refractivity contribution >= 4 is 17.9 Å². The summed E-state index contributed by atoms with van der Waals surface area (Å²) in [5.41, 5.74) is 0.904. The molecule has 1 aromatic carbocycles. The van der Waals surface area contributed by atoms with Crippen LogP contribution in [0.2, 0.25) is 0 Å². The summed E-state index contributed by atoms with van der Waals surface area (Å²) in [6.07, 6.45) is 3.75. The molecule has 10 nitrogen and oxygen atoms in total. The van der Waals surface area contributed by atoms with Crippen LogP contribution in [0.3, 0.4) is 0 Å². The molecule has 3 rings (SSSR count). The van der Waals surface area contributed by atoms with E-state index in [0.717, 1.165) is 31.2 Å². The van der Waals surface area contributed by atoms with E-state index in [2.05, 4.69) is 0 Å². The van der Waals surface area contributed by atoms with Crippen LogP contribution < -0.4 is 4.74 Å². The highest BCUT2D eigenvalue weighted by atomic mass is 16.6. The van der Waals surface area contributed by atoms with Gasteiger partial charge < -0.3 is 33.6 Å². The van der Waals surface area contributed by atoms with Crippen molar-refractivity contribution in [2.75, 3.05) is 60.2 Å². The van der Waals surface area contributed by atoms with E-state index >= 15 is 0 Å². The second-order valence-corrected chi connectivity index (χ2v) is 13.6. The quantitative estimate of drug-likeness (QED) is 0.282. The Balaban J connectivity index is 1.77. The number of aryl methyl sites for hydroxylation is 1.